The molecule has 0 aromatic carbocycles. The van der Waals surface area contributed by atoms with Crippen molar-refractivity contribution in [1.29, 1.82) is 0 Å². The van der Waals surface area contributed by atoms with Crippen LogP contribution in [0.25, 0.3) is 0 Å². The Morgan fingerprint density at radius 2 is 1.86 bits per heavy atom. The highest BCUT2D eigenvalue weighted by atomic mass is 35.5. The fourth-order valence-electron chi connectivity index (χ4n) is 2.84. The van der Waals surface area contributed by atoms with Crippen molar-refractivity contribution in [3.63, 3.8) is 0 Å². The molecule has 1 aromatic rings. The van der Waals surface area contributed by atoms with Gasteiger partial charge in [-0.05, 0) is 30.1 Å². The topological polar surface area (TPSA) is 54.9 Å². The van der Waals surface area contributed by atoms with Crippen molar-refractivity contribution in [2.45, 2.75) is 65.8 Å². The van der Waals surface area contributed by atoms with E-state index >= 15 is 0 Å². The van der Waals surface area contributed by atoms with E-state index in [2.05, 4.69) is 32.7 Å². The predicted octanol–water partition coefficient (Wildman–Crippen LogP) is 3.53. The Hall–Kier alpha value is -1.03. The first-order valence-corrected chi connectivity index (χ1v) is 8.12. The number of H-pyrrole nitrogens is 1. The molecule has 0 amide bonds. The maximum atomic E-state index is 12.7. The van der Waals surface area contributed by atoms with Crippen LogP contribution in [-0.2, 0) is 6.54 Å². The van der Waals surface area contributed by atoms with Gasteiger partial charge in [0, 0.05) is 6.54 Å². The number of hydrogen-bond donors (Lipinski definition) is 1. The van der Waals surface area contributed by atoms with Gasteiger partial charge in [-0.15, -0.1) is 0 Å². The van der Waals surface area contributed by atoms with Gasteiger partial charge in [-0.3, -0.25) is 14.3 Å². The van der Waals surface area contributed by atoms with Gasteiger partial charge in [0.25, 0.3) is 5.56 Å². The summed E-state index contributed by atoms with van der Waals surface area (Å²) in [5.41, 5.74) is 0.0449. The maximum Gasteiger partial charge on any atom is 0.329 e. The zero-order valence-electron chi connectivity index (χ0n) is 13.3. The van der Waals surface area contributed by atoms with Gasteiger partial charge in [0.1, 0.15) is 5.15 Å². The summed E-state index contributed by atoms with van der Waals surface area (Å²) in [5, 5.41) is 0.233. The van der Waals surface area contributed by atoms with Crippen LogP contribution in [0.5, 0.6) is 0 Å². The smallest absolute Gasteiger partial charge is 0.297 e. The second kappa shape index (κ2) is 5.99. The highest BCUT2D eigenvalue weighted by Gasteiger charge is 2.27. The number of aromatic amines is 1. The molecule has 2 rings (SSSR count). The first kappa shape index (κ1) is 16.3. The van der Waals surface area contributed by atoms with Crippen molar-refractivity contribution in [1.82, 2.24) is 9.55 Å². The lowest BCUT2D eigenvalue weighted by Crippen LogP contribution is -2.41. The molecular weight excluding hydrogens is 288 g/mol. The van der Waals surface area contributed by atoms with Crippen LogP contribution in [-0.4, -0.2) is 9.55 Å². The summed E-state index contributed by atoms with van der Waals surface area (Å²) in [6, 6.07) is 0. The first-order chi connectivity index (χ1) is 9.71. The van der Waals surface area contributed by atoms with E-state index in [-0.39, 0.29) is 28.0 Å². The van der Waals surface area contributed by atoms with Crippen LogP contribution in [0.1, 0.15) is 64.9 Å². The summed E-state index contributed by atoms with van der Waals surface area (Å²) in [6.45, 7) is 8.84. The Kier molecular flexibility index (Phi) is 4.66. The number of nitrogens with zero attached hydrogens (tertiary/aromatic N) is 1. The third-order valence-electron chi connectivity index (χ3n) is 4.87. The van der Waals surface area contributed by atoms with E-state index in [4.69, 9.17) is 11.6 Å². The molecule has 1 heterocycles. The maximum absolute atomic E-state index is 12.7. The van der Waals surface area contributed by atoms with Crippen LogP contribution in [0.4, 0.5) is 0 Å². The van der Waals surface area contributed by atoms with Crippen molar-refractivity contribution in [2.24, 2.45) is 11.3 Å². The summed E-state index contributed by atoms with van der Waals surface area (Å²) in [4.78, 5) is 27.5. The molecular formula is C16H25ClN2O2. The third-order valence-corrected chi connectivity index (χ3v) is 5.17. The fraction of sp³-hybridized carbons (Fsp3) is 0.750. The van der Waals surface area contributed by atoms with Gasteiger partial charge in [-0.2, -0.15) is 0 Å². The van der Waals surface area contributed by atoms with Crippen molar-refractivity contribution in [2.75, 3.05) is 0 Å². The van der Waals surface area contributed by atoms with Crippen LogP contribution in [0.15, 0.2) is 9.59 Å². The number of rotatable bonds is 3. The van der Waals surface area contributed by atoms with E-state index in [0.717, 1.165) is 25.7 Å². The molecule has 1 saturated carbocycles. The molecule has 0 aliphatic heterocycles. The van der Waals surface area contributed by atoms with Gasteiger partial charge in [-0.1, -0.05) is 52.1 Å². The van der Waals surface area contributed by atoms with E-state index in [1.165, 1.54) is 4.57 Å². The molecule has 1 aliphatic carbocycles. The molecule has 21 heavy (non-hydrogen) atoms. The van der Waals surface area contributed by atoms with Gasteiger partial charge in [0.15, 0.2) is 0 Å². The molecule has 0 spiro atoms. The Morgan fingerprint density at radius 3 is 2.38 bits per heavy atom. The lowest BCUT2D eigenvalue weighted by Gasteiger charge is -2.27. The van der Waals surface area contributed by atoms with Crippen LogP contribution >= 0.6 is 11.6 Å². The van der Waals surface area contributed by atoms with Crippen molar-refractivity contribution < 1.29 is 0 Å². The molecule has 1 aliphatic rings. The molecule has 1 fully saturated rings. The Balaban J connectivity index is 2.45. The van der Waals surface area contributed by atoms with Crippen molar-refractivity contribution >= 4 is 11.6 Å². The average molecular weight is 313 g/mol. The van der Waals surface area contributed by atoms with Crippen LogP contribution in [0.3, 0.4) is 0 Å². The van der Waals surface area contributed by atoms with E-state index < -0.39 is 5.69 Å². The minimum Gasteiger partial charge on any atom is -0.297 e. The summed E-state index contributed by atoms with van der Waals surface area (Å²) < 4.78 is 1.33. The first-order valence-electron chi connectivity index (χ1n) is 7.74. The van der Waals surface area contributed by atoms with Gasteiger partial charge >= 0.3 is 5.69 Å². The van der Waals surface area contributed by atoms with Crippen LogP contribution in [0, 0.1) is 11.3 Å². The number of nitrogens with one attached hydrogen (secondary N) is 1. The predicted molar refractivity (Wildman–Crippen MR) is 86.2 cm³/mol. The number of hydrogen-bond acceptors (Lipinski definition) is 2. The van der Waals surface area contributed by atoms with E-state index in [0.29, 0.717) is 12.1 Å². The fourth-order valence-corrected chi connectivity index (χ4v) is 3.16. The lowest BCUT2D eigenvalue weighted by molar-refractivity contribution is 0.227. The third kappa shape index (κ3) is 3.42. The molecule has 1 aromatic heterocycles. The molecule has 1 atom stereocenters. The second-order valence-electron chi connectivity index (χ2n) is 7.32. The summed E-state index contributed by atoms with van der Waals surface area (Å²) in [5.74, 6) is 0.409. The van der Waals surface area contributed by atoms with E-state index in [1.807, 2.05) is 0 Å². The largest absolute Gasteiger partial charge is 0.329 e. The molecule has 5 heteroatoms. The zero-order chi connectivity index (χ0) is 15.8. The van der Waals surface area contributed by atoms with Crippen LogP contribution < -0.4 is 11.2 Å². The lowest BCUT2D eigenvalue weighted by atomic mass is 9.82. The average Bonchev–Trinajstić information content (AvgIpc) is 2.86. The molecule has 0 radical (unpaired) electrons. The Bertz CT molecular complexity index is 619. The summed E-state index contributed by atoms with van der Waals surface area (Å²) in [7, 11) is 0. The standard InChI is InChI=1S/C16H25ClN2O2/c1-10(16(2,3)4)9-19-14(20)12(11-7-5-6-8-11)13(17)18-15(19)21/h10-11H,5-9H2,1-4H3,(H,18,21). The van der Waals surface area contributed by atoms with E-state index in [1.54, 1.807) is 0 Å². The zero-order valence-corrected chi connectivity index (χ0v) is 14.1. The second-order valence-corrected chi connectivity index (χ2v) is 7.70. The highest BCUT2D eigenvalue weighted by molar-refractivity contribution is 6.30. The van der Waals surface area contributed by atoms with Crippen molar-refractivity contribution in [3.8, 4) is 0 Å². The van der Waals surface area contributed by atoms with Crippen LogP contribution in [0.2, 0.25) is 5.15 Å². The van der Waals surface area contributed by atoms with Gasteiger partial charge in [-0.25, -0.2) is 4.79 Å². The van der Waals surface area contributed by atoms with Gasteiger partial charge < -0.3 is 0 Å². The van der Waals surface area contributed by atoms with Gasteiger partial charge in [0.05, 0.1) is 5.56 Å². The minimum atomic E-state index is -0.400. The number of halogens is 1. The molecule has 0 saturated heterocycles. The molecule has 118 valence electrons. The summed E-state index contributed by atoms with van der Waals surface area (Å²) in [6.07, 6.45) is 4.21. The molecule has 1 N–H and O–H groups in total. The van der Waals surface area contributed by atoms with E-state index in [9.17, 15) is 9.59 Å². The summed E-state index contributed by atoms with van der Waals surface area (Å²) >= 11 is 6.14. The van der Waals surface area contributed by atoms with Crippen molar-refractivity contribution in [3.05, 3.63) is 31.6 Å². The van der Waals surface area contributed by atoms with Gasteiger partial charge in [0.2, 0.25) is 0 Å². The highest BCUT2D eigenvalue weighted by Crippen LogP contribution is 2.34. The number of aromatic nitrogens is 2. The Morgan fingerprint density at radius 1 is 1.29 bits per heavy atom. The minimum absolute atomic E-state index is 0.0407. The Labute approximate surface area is 130 Å². The quantitative estimate of drug-likeness (QED) is 0.868. The normalized spacial score (nSPS) is 18.1. The molecule has 4 nitrogen and oxygen atoms in total. The molecule has 1 unspecified atom stereocenters. The monoisotopic (exact) mass is 312 g/mol. The SMILES string of the molecule is CC(Cn1c(=O)[nH]c(Cl)c(C2CCCC2)c1=O)C(C)(C)C. The molecule has 0 bridgehead atoms.